The van der Waals surface area contributed by atoms with Gasteiger partial charge < -0.3 is 5.11 Å². The minimum Gasteiger partial charge on any atom is -0.478 e. The average Bonchev–Trinajstić information content (AvgIpc) is 2.27. The topological polar surface area (TPSA) is 37.3 Å². The molecule has 2 nitrogen and oxygen atoms in total. The van der Waals surface area contributed by atoms with Crippen LogP contribution < -0.4 is 0 Å². The molecule has 1 N–H and O–H groups in total. The minimum atomic E-state index is -0.787. The van der Waals surface area contributed by atoms with Crippen molar-refractivity contribution < 1.29 is 9.90 Å². The van der Waals surface area contributed by atoms with Gasteiger partial charge in [-0.1, -0.05) is 48.0 Å². The van der Waals surface area contributed by atoms with Crippen molar-refractivity contribution >= 4 is 21.9 Å². The number of rotatable bonds is 4. The van der Waals surface area contributed by atoms with Crippen molar-refractivity contribution in [2.24, 2.45) is 11.3 Å². The number of hydrogen-bond donors (Lipinski definition) is 1. The van der Waals surface area contributed by atoms with E-state index in [0.29, 0.717) is 5.57 Å². The molecule has 2 unspecified atom stereocenters. The molecule has 3 heteroatoms. The van der Waals surface area contributed by atoms with Crippen molar-refractivity contribution in [1.29, 1.82) is 0 Å². The van der Waals surface area contributed by atoms with Gasteiger partial charge in [-0.3, -0.25) is 0 Å². The Morgan fingerprint density at radius 2 is 2.27 bits per heavy atom. The molecule has 0 aromatic carbocycles. The molecule has 0 saturated heterocycles. The van der Waals surface area contributed by atoms with Crippen LogP contribution >= 0.6 is 15.9 Å². The molecule has 0 spiro atoms. The lowest BCUT2D eigenvalue weighted by Gasteiger charge is -2.38. The molecule has 1 aliphatic rings. The van der Waals surface area contributed by atoms with E-state index in [0.717, 1.165) is 18.2 Å². The number of carboxylic acid groups (broad SMARTS) is 1. The predicted molar refractivity (Wildman–Crippen MR) is 65.2 cm³/mol. The Balaban J connectivity index is 3.10. The van der Waals surface area contributed by atoms with E-state index in [4.69, 9.17) is 5.11 Å². The van der Waals surface area contributed by atoms with Crippen LogP contribution in [-0.2, 0) is 4.79 Å². The highest BCUT2D eigenvalue weighted by Gasteiger charge is 2.38. The summed E-state index contributed by atoms with van der Waals surface area (Å²) in [6, 6.07) is 0. The third-order valence-electron chi connectivity index (χ3n) is 3.34. The zero-order chi connectivity index (χ0) is 11.5. The summed E-state index contributed by atoms with van der Waals surface area (Å²) >= 11 is 3.51. The smallest absolute Gasteiger partial charge is 0.331 e. The number of aliphatic carboxylic acids is 1. The van der Waals surface area contributed by atoms with Crippen LogP contribution in [0.2, 0.25) is 0 Å². The summed E-state index contributed by atoms with van der Waals surface area (Å²) in [5.41, 5.74) is 0.512. The Bertz CT molecular complexity index is 301. The fourth-order valence-corrected chi connectivity index (χ4v) is 3.30. The summed E-state index contributed by atoms with van der Waals surface area (Å²) < 4.78 is 0. The zero-order valence-corrected chi connectivity index (χ0v) is 10.8. The van der Waals surface area contributed by atoms with Crippen molar-refractivity contribution in [1.82, 2.24) is 0 Å². The normalized spacial score (nSPS) is 30.1. The Hall–Kier alpha value is -0.570. The molecule has 1 rings (SSSR count). The van der Waals surface area contributed by atoms with Crippen molar-refractivity contribution in [2.75, 3.05) is 5.33 Å². The molecule has 0 fully saturated rings. The maximum atomic E-state index is 11.1. The highest BCUT2D eigenvalue weighted by molar-refractivity contribution is 9.09. The molecule has 0 radical (unpaired) electrons. The quantitative estimate of drug-likeness (QED) is 0.797. The van der Waals surface area contributed by atoms with Gasteiger partial charge in [0.2, 0.25) is 0 Å². The van der Waals surface area contributed by atoms with Gasteiger partial charge in [-0.05, 0) is 12.8 Å². The second kappa shape index (κ2) is 4.97. The fourth-order valence-electron chi connectivity index (χ4n) is 2.33. The first-order valence-electron chi connectivity index (χ1n) is 5.30. The lowest BCUT2D eigenvalue weighted by atomic mass is 9.67. The van der Waals surface area contributed by atoms with E-state index in [1.165, 1.54) is 0 Å². The SMILES string of the molecule is CCC1C(C(=O)O)=CC=CC1(CC)CBr. The van der Waals surface area contributed by atoms with Gasteiger partial charge in [0, 0.05) is 22.2 Å². The summed E-state index contributed by atoms with van der Waals surface area (Å²) in [6.07, 6.45) is 7.57. The lowest BCUT2D eigenvalue weighted by molar-refractivity contribution is -0.133. The van der Waals surface area contributed by atoms with Crippen LogP contribution in [0, 0.1) is 11.3 Å². The van der Waals surface area contributed by atoms with Gasteiger partial charge >= 0.3 is 5.97 Å². The van der Waals surface area contributed by atoms with Crippen molar-refractivity contribution in [3.63, 3.8) is 0 Å². The number of halogens is 1. The van der Waals surface area contributed by atoms with Crippen LogP contribution in [0.1, 0.15) is 26.7 Å². The standard InChI is InChI=1S/C12H17BrO2/c1-3-10-9(11(14)15)6-5-7-12(10,4-2)8-13/h5-7,10H,3-4,8H2,1-2H3,(H,14,15). The van der Waals surface area contributed by atoms with E-state index in [-0.39, 0.29) is 11.3 Å². The number of carbonyl (C=O) groups is 1. The zero-order valence-electron chi connectivity index (χ0n) is 9.16. The highest BCUT2D eigenvalue weighted by Crippen LogP contribution is 2.43. The van der Waals surface area contributed by atoms with Crippen molar-refractivity contribution in [3.05, 3.63) is 23.8 Å². The summed E-state index contributed by atoms with van der Waals surface area (Å²) in [5.74, 6) is -0.672. The molecule has 0 aromatic rings. The first-order chi connectivity index (χ1) is 7.11. The summed E-state index contributed by atoms with van der Waals surface area (Å²) in [6.45, 7) is 4.16. The molecule has 15 heavy (non-hydrogen) atoms. The van der Waals surface area contributed by atoms with E-state index in [2.05, 4.69) is 28.9 Å². The van der Waals surface area contributed by atoms with Gasteiger partial charge in [-0.2, -0.15) is 0 Å². The van der Waals surface area contributed by atoms with Gasteiger partial charge in [0.05, 0.1) is 0 Å². The molecule has 0 saturated carbocycles. The number of allylic oxidation sites excluding steroid dienone is 3. The van der Waals surface area contributed by atoms with Gasteiger partial charge in [-0.15, -0.1) is 0 Å². The second-order valence-electron chi connectivity index (χ2n) is 3.97. The van der Waals surface area contributed by atoms with E-state index >= 15 is 0 Å². The number of alkyl halides is 1. The van der Waals surface area contributed by atoms with Crippen LogP contribution in [0.4, 0.5) is 0 Å². The molecular weight excluding hydrogens is 256 g/mol. The summed E-state index contributed by atoms with van der Waals surface area (Å²) in [4.78, 5) is 11.1. The maximum absolute atomic E-state index is 11.1. The van der Waals surface area contributed by atoms with E-state index in [9.17, 15) is 4.79 Å². The van der Waals surface area contributed by atoms with Crippen LogP contribution in [-0.4, -0.2) is 16.4 Å². The molecule has 84 valence electrons. The van der Waals surface area contributed by atoms with Gasteiger partial charge in [-0.25, -0.2) is 4.79 Å². The predicted octanol–water partition coefficient (Wildman–Crippen LogP) is 3.38. The molecular formula is C12H17BrO2. The highest BCUT2D eigenvalue weighted by atomic mass is 79.9. The Morgan fingerprint density at radius 1 is 1.60 bits per heavy atom. The van der Waals surface area contributed by atoms with E-state index in [1.54, 1.807) is 6.08 Å². The molecule has 1 aliphatic carbocycles. The van der Waals surface area contributed by atoms with Gasteiger partial charge in [0.1, 0.15) is 0 Å². The van der Waals surface area contributed by atoms with E-state index in [1.807, 2.05) is 13.0 Å². The second-order valence-corrected chi connectivity index (χ2v) is 4.53. The third-order valence-corrected chi connectivity index (χ3v) is 4.38. The van der Waals surface area contributed by atoms with E-state index < -0.39 is 5.97 Å². The molecule has 0 aliphatic heterocycles. The molecule has 0 bridgehead atoms. The van der Waals surface area contributed by atoms with Crippen LogP contribution in [0.25, 0.3) is 0 Å². The monoisotopic (exact) mass is 272 g/mol. The fraction of sp³-hybridized carbons (Fsp3) is 0.583. The Morgan fingerprint density at radius 3 is 2.67 bits per heavy atom. The minimum absolute atomic E-state index is 0.0305. The summed E-state index contributed by atoms with van der Waals surface area (Å²) in [5, 5.41) is 9.96. The van der Waals surface area contributed by atoms with Crippen LogP contribution in [0.5, 0.6) is 0 Å². The molecule has 0 heterocycles. The first-order valence-corrected chi connectivity index (χ1v) is 6.42. The molecule has 0 aromatic heterocycles. The lowest BCUT2D eigenvalue weighted by Crippen LogP contribution is -2.34. The van der Waals surface area contributed by atoms with Gasteiger partial charge in [0.25, 0.3) is 0 Å². The maximum Gasteiger partial charge on any atom is 0.331 e. The molecule has 0 amide bonds. The number of hydrogen-bond acceptors (Lipinski definition) is 1. The summed E-state index contributed by atoms with van der Waals surface area (Å²) in [7, 11) is 0. The van der Waals surface area contributed by atoms with Crippen LogP contribution in [0.3, 0.4) is 0 Å². The third kappa shape index (κ3) is 2.17. The number of carboxylic acids is 1. The van der Waals surface area contributed by atoms with Crippen molar-refractivity contribution in [3.8, 4) is 0 Å². The largest absolute Gasteiger partial charge is 0.478 e. The van der Waals surface area contributed by atoms with Crippen molar-refractivity contribution in [2.45, 2.75) is 26.7 Å². The average molecular weight is 273 g/mol. The molecule has 2 atom stereocenters. The van der Waals surface area contributed by atoms with Gasteiger partial charge in [0.15, 0.2) is 0 Å². The van der Waals surface area contributed by atoms with Crippen LogP contribution in [0.15, 0.2) is 23.8 Å². The Kier molecular flexibility index (Phi) is 4.14. The Labute approximate surface area is 99.2 Å². The first kappa shape index (κ1) is 12.5.